The van der Waals surface area contributed by atoms with E-state index in [4.69, 9.17) is 9.68 Å². The van der Waals surface area contributed by atoms with Gasteiger partial charge < -0.3 is 0 Å². The van der Waals surface area contributed by atoms with Crippen molar-refractivity contribution in [3.05, 3.63) is 35.4 Å². The second-order valence-corrected chi connectivity index (χ2v) is 7.77. The van der Waals surface area contributed by atoms with Gasteiger partial charge in [-0.2, -0.15) is 0 Å². The lowest BCUT2D eigenvalue weighted by Gasteiger charge is -2.21. The number of nitrogens with zero attached hydrogens (tertiary/aromatic N) is 2. The fraction of sp³-hybridized carbons (Fsp3) is 0.556. The molecular weight excluding hydrogens is 308 g/mol. The highest BCUT2D eigenvalue weighted by molar-refractivity contribution is 5.83. The lowest BCUT2D eigenvalue weighted by atomic mass is 9.94. The first-order valence-corrected chi connectivity index (χ1v) is 8.17. The van der Waals surface area contributed by atoms with Crippen LogP contribution in [0.15, 0.2) is 24.3 Å². The zero-order valence-electron chi connectivity index (χ0n) is 14.7. The number of benzene rings is 1. The van der Waals surface area contributed by atoms with Crippen molar-refractivity contribution >= 4 is 11.8 Å². The second-order valence-electron chi connectivity index (χ2n) is 7.77. The summed E-state index contributed by atoms with van der Waals surface area (Å²) in [5.74, 6) is -0.0427. The van der Waals surface area contributed by atoms with E-state index in [1.165, 1.54) is 10.1 Å². The average molecular weight is 332 g/mol. The van der Waals surface area contributed by atoms with E-state index in [1.807, 2.05) is 52.0 Å². The van der Waals surface area contributed by atoms with Crippen LogP contribution in [0.2, 0.25) is 0 Å². The standard InChI is InChI=1S/C18H24N2O4/c1-17(2)11-23-19(15(17)21)9-13-7-5-6-8-14(13)10-20-16(22)18(3,4)12-24-20/h5-8H,9-12H2,1-4H3. The largest absolute Gasteiger partial charge is 0.272 e. The van der Waals surface area contributed by atoms with Gasteiger partial charge in [0, 0.05) is 0 Å². The van der Waals surface area contributed by atoms with Crippen LogP contribution in [0.1, 0.15) is 38.8 Å². The molecule has 2 saturated heterocycles. The highest BCUT2D eigenvalue weighted by Gasteiger charge is 2.42. The summed E-state index contributed by atoms with van der Waals surface area (Å²) in [4.78, 5) is 35.7. The van der Waals surface area contributed by atoms with E-state index in [2.05, 4.69) is 0 Å². The Kier molecular flexibility index (Phi) is 4.13. The van der Waals surface area contributed by atoms with Crippen LogP contribution in [-0.2, 0) is 32.4 Å². The van der Waals surface area contributed by atoms with E-state index < -0.39 is 10.8 Å². The summed E-state index contributed by atoms with van der Waals surface area (Å²) < 4.78 is 0. The summed E-state index contributed by atoms with van der Waals surface area (Å²) in [6.45, 7) is 9.00. The minimum absolute atomic E-state index is 0.0214. The van der Waals surface area contributed by atoms with Crippen molar-refractivity contribution in [3.8, 4) is 0 Å². The van der Waals surface area contributed by atoms with Crippen LogP contribution in [-0.4, -0.2) is 35.2 Å². The summed E-state index contributed by atoms with van der Waals surface area (Å²) in [6.07, 6.45) is 0. The van der Waals surface area contributed by atoms with E-state index in [0.717, 1.165) is 11.1 Å². The van der Waals surface area contributed by atoms with E-state index in [1.54, 1.807) is 0 Å². The van der Waals surface area contributed by atoms with Gasteiger partial charge in [0.05, 0.1) is 37.1 Å². The van der Waals surface area contributed by atoms with Gasteiger partial charge in [-0.15, -0.1) is 0 Å². The third kappa shape index (κ3) is 3.03. The molecule has 2 heterocycles. The molecule has 0 atom stereocenters. The SMILES string of the molecule is CC1(C)CON(Cc2ccccc2CN2OCC(C)(C)C2=O)C1=O. The lowest BCUT2D eigenvalue weighted by molar-refractivity contribution is -0.167. The zero-order valence-corrected chi connectivity index (χ0v) is 14.7. The third-order valence-electron chi connectivity index (χ3n) is 4.52. The zero-order chi connectivity index (χ0) is 17.5. The van der Waals surface area contributed by atoms with Crippen LogP contribution in [0.3, 0.4) is 0 Å². The highest BCUT2D eigenvalue weighted by atomic mass is 16.7. The molecule has 0 unspecified atom stereocenters. The van der Waals surface area contributed by atoms with Crippen molar-refractivity contribution in [1.29, 1.82) is 0 Å². The van der Waals surface area contributed by atoms with Gasteiger partial charge in [-0.3, -0.25) is 19.3 Å². The fourth-order valence-corrected chi connectivity index (χ4v) is 2.80. The minimum Gasteiger partial charge on any atom is -0.272 e. The van der Waals surface area contributed by atoms with Gasteiger partial charge in [0.2, 0.25) is 0 Å². The van der Waals surface area contributed by atoms with Crippen LogP contribution in [0.4, 0.5) is 0 Å². The smallest absolute Gasteiger partial charge is 0.254 e. The first-order chi connectivity index (χ1) is 11.2. The topological polar surface area (TPSA) is 59.1 Å². The summed E-state index contributed by atoms with van der Waals surface area (Å²) in [6, 6.07) is 7.73. The molecular formula is C18H24N2O4. The normalized spacial score (nSPS) is 22.5. The Morgan fingerprint density at radius 3 is 1.50 bits per heavy atom. The van der Waals surface area contributed by atoms with E-state index in [9.17, 15) is 9.59 Å². The van der Waals surface area contributed by atoms with Crippen molar-refractivity contribution in [2.24, 2.45) is 10.8 Å². The van der Waals surface area contributed by atoms with Crippen LogP contribution in [0, 0.1) is 10.8 Å². The van der Waals surface area contributed by atoms with Gasteiger partial charge in [-0.1, -0.05) is 24.3 Å². The molecule has 2 aliphatic heterocycles. The molecule has 2 amide bonds. The summed E-state index contributed by atoms with van der Waals surface area (Å²) in [7, 11) is 0. The molecule has 0 aliphatic carbocycles. The Balaban J connectivity index is 1.75. The molecule has 0 N–H and O–H groups in total. The summed E-state index contributed by atoms with van der Waals surface area (Å²) >= 11 is 0. The molecule has 6 heteroatoms. The minimum atomic E-state index is -0.493. The van der Waals surface area contributed by atoms with Gasteiger partial charge in [0.15, 0.2) is 0 Å². The average Bonchev–Trinajstić information content (AvgIpc) is 2.93. The lowest BCUT2D eigenvalue weighted by Crippen LogP contribution is -2.32. The second kappa shape index (κ2) is 5.86. The highest BCUT2D eigenvalue weighted by Crippen LogP contribution is 2.31. The van der Waals surface area contributed by atoms with Crippen LogP contribution >= 0.6 is 0 Å². The number of carbonyl (C=O) groups excluding carboxylic acids is 2. The molecule has 3 rings (SSSR count). The first kappa shape index (κ1) is 16.9. The molecule has 130 valence electrons. The maximum Gasteiger partial charge on any atom is 0.254 e. The number of hydrogen-bond donors (Lipinski definition) is 0. The predicted molar refractivity (Wildman–Crippen MR) is 87.0 cm³/mol. The molecule has 0 bridgehead atoms. The molecule has 0 aromatic heterocycles. The molecule has 24 heavy (non-hydrogen) atoms. The summed E-state index contributed by atoms with van der Waals surface area (Å²) in [5, 5.41) is 2.82. The van der Waals surface area contributed by atoms with Gasteiger partial charge in [-0.05, 0) is 38.8 Å². The molecule has 0 spiro atoms. The van der Waals surface area contributed by atoms with Crippen LogP contribution < -0.4 is 0 Å². The third-order valence-corrected chi connectivity index (χ3v) is 4.52. The van der Waals surface area contributed by atoms with Crippen molar-refractivity contribution in [3.63, 3.8) is 0 Å². The maximum absolute atomic E-state index is 12.3. The Bertz CT molecular complexity index is 612. The van der Waals surface area contributed by atoms with Crippen LogP contribution in [0.25, 0.3) is 0 Å². The van der Waals surface area contributed by atoms with Crippen LogP contribution in [0.5, 0.6) is 0 Å². The quantitative estimate of drug-likeness (QED) is 0.849. The molecule has 2 aliphatic rings. The predicted octanol–water partition coefficient (Wildman–Crippen LogP) is 2.29. The Labute approximate surface area is 142 Å². The van der Waals surface area contributed by atoms with Gasteiger partial charge in [0.25, 0.3) is 11.8 Å². The molecule has 2 fully saturated rings. The number of amides is 2. The number of rotatable bonds is 4. The summed E-state index contributed by atoms with van der Waals surface area (Å²) in [5.41, 5.74) is 0.911. The molecule has 1 aromatic rings. The Hall–Kier alpha value is -1.92. The van der Waals surface area contributed by atoms with Gasteiger partial charge in [-0.25, -0.2) is 10.1 Å². The molecule has 6 nitrogen and oxygen atoms in total. The van der Waals surface area contributed by atoms with Gasteiger partial charge >= 0.3 is 0 Å². The molecule has 0 saturated carbocycles. The van der Waals surface area contributed by atoms with Crippen molar-refractivity contribution < 1.29 is 19.3 Å². The maximum atomic E-state index is 12.3. The van der Waals surface area contributed by atoms with E-state index in [0.29, 0.717) is 26.3 Å². The van der Waals surface area contributed by atoms with E-state index in [-0.39, 0.29) is 11.8 Å². The van der Waals surface area contributed by atoms with Crippen molar-refractivity contribution in [2.45, 2.75) is 40.8 Å². The Morgan fingerprint density at radius 1 is 0.833 bits per heavy atom. The van der Waals surface area contributed by atoms with Crippen molar-refractivity contribution in [2.75, 3.05) is 13.2 Å². The van der Waals surface area contributed by atoms with E-state index >= 15 is 0 Å². The monoisotopic (exact) mass is 332 g/mol. The first-order valence-electron chi connectivity index (χ1n) is 8.17. The van der Waals surface area contributed by atoms with Gasteiger partial charge in [0.1, 0.15) is 0 Å². The fourth-order valence-electron chi connectivity index (χ4n) is 2.80. The van der Waals surface area contributed by atoms with Crippen molar-refractivity contribution in [1.82, 2.24) is 10.1 Å². The molecule has 0 radical (unpaired) electrons. The molecule has 1 aromatic carbocycles. The Morgan fingerprint density at radius 2 is 1.21 bits per heavy atom. The number of hydrogen-bond acceptors (Lipinski definition) is 4. The number of hydroxylamine groups is 4. The number of carbonyl (C=O) groups is 2.